The molecule has 1 amide bonds. The molecule has 1 fully saturated rings. The van der Waals surface area contributed by atoms with Gasteiger partial charge >= 0.3 is 5.97 Å². The summed E-state index contributed by atoms with van der Waals surface area (Å²) in [5, 5.41) is 0. The van der Waals surface area contributed by atoms with Crippen LogP contribution in [0.1, 0.15) is 24.0 Å². The first-order chi connectivity index (χ1) is 14.1. The van der Waals surface area contributed by atoms with Gasteiger partial charge in [0, 0.05) is 19.2 Å². The van der Waals surface area contributed by atoms with E-state index in [9.17, 15) is 9.59 Å². The first-order valence-electron chi connectivity index (χ1n) is 9.94. The van der Waals surface area contributed by atoms with Crippen molar-refractivity contribution in [2.75, 3.05) is 26.8 Å². The van der Waals surface area contributed by atoms with Gasteiger partial charge in [-0.3, -0.25) is 4.79 Å². The quantitative estimate of drug-likeness (QED) is 0.531. The van der Waals surface area contributed by atoms with E-state index in [0.29, 0.717) is 24.8 Å². The Hall–Kier alpha value is -3.08. The SMILES string of the molecule is COc1cccc(/C=C/C(=O)OCC(=O)N2CCC(Cc3ccccc3)CC2)c1. The molecule has 0 bridgehead atoms. The molecule has 2 aromatic rings. The lowest BCUT2D eigenvalue weighted by Crippen LogP contribution is -2.41. The zero-order valence-electron chi connectivity index (χ0n) is 16.8. The Labute approximate surface area is 171 Å². The van der Waals surface area contributed by atoms with Gasteiger partial charge in [0.1, 0.15) is 5.75 Å². The number of rotatable bonds is 7. The molecule has 0 unspecified atom stereocenters. The number of carbonyl (C=O) groups excluding carboxylic acids is 2. The summed E-state index contributed by atoms with van der Waals surface area (Å²) in [4.78, 5) is 26.0. The highest BCUT2D eigenvalue weighted by Crippen LogP contribution is 2.21. The largest absolute Gasteiger partial charge is 0.497 e. The van der Waals surface area contributed by atoms with Crippen molar-refractivity contribution in [2.45, 2.75) is 19.3 Å². The van der Waals surface area contributed by atoms with Crippen LogP contribution in [0, 0.1) is 5.92 Å². The van der Waals surface area contributed by atoms with E-state index >= 15 is 0 Å². The molecule has 1 heterocycles. The lowest BCUT2D eigenvalue weighted by atomic mass is 9.90. The Morgan fingerprint density at radius 3 is 2.55 bits per heavy atom. The molecule has 0 spiro atoms. The van der Waals surface area contributed by atoms with Crippen molar-refractivity contribution in [3.8, 4) is 5.75 Å². The van der Waals surface area contributed by atoms with Gasteiger partial charge in [0.2, 0.25) is 0 Å². The van der Waals surface area contributed by atoms with Crippen LogP contribution in [-0.4, -0.2) is 43.6 Å². The molecule has 29 heavy (non-hydrogen) atoms. The lowest BCUT2D eigenvalue weighted by Gasteiger charge is -2.32. The van der Waals surface area contributed by atoms with E-state index in [1.54, 1.807) is 18.1 Å². The Morgan fingerprint density at radius 2 is 1.83 bits per heavy atom. The molecule has 2 aromatic carbocycles. The summed E-state index contributed by atoms with van der Waals surface area (Å²) in [5.74, 6) is 0.646. The fourth-order valence-corrected chi connectivity index (χ4v) is 3.52. The number of esters is 1. The van der Waals surface area contributed by atoms with Crippen molar-refractivity contribution >= 4 is 18.0 Å². The zero-order valence-corrected chi connectivity index (χ0v) is 16.8. The Balaban J connectivity index is 1.39. The molecule has 1 aliphatic rings. The Bertz CT molecular complexity index is 839. The van der Waals surface area contributed by atoms with Gasteiger partial charge < -0.3 is 14.4 Å². The van der Waals surface area contributed by atoms with Crippen molar-refractivity contribution in [1.29, 1.82) is 0 Å². The molecule has 0 saturated carbocycles. The van der Waals surface area contributed by atoms with Crippen molar-refractivity contribution in [1.82, 2.24) is 4.90 Å². The van der Waals surface area contributed by atoms with Crippen LogP contribution in [0.25, 0.3) is 6.08 Å². The minimum atomic E-state index is -0.528. The van der Waals surface area contributed by atoms with Crippen LogP contribution in [0.15, 0.2) is 60.7 Å². The summed E-state index contributed by atoms with van der Waals surface area (Å²) < 4.78 is 10.3. The highest BCUT2D eigenvalue weighted by Gasteiger charge is 2.23. The van der Waals surface area contributed by atoms with E-state index in [4.69, 9.17) is 9.47 Å². The number of amides is 1. The first-order valence-corrected chi connectivity index (χ1v) is 9.94. The maximum atomic E-state index is 12.3. The molecule has 0 N–H and O–H groups in total. The zero-order chi connectivity index (χ0) is 20.5. The third kappa shape index (κ3) is 6.49. The van der Waals surface area contributed by atoms with Gasteiger partial charge in [0.15, 0.2) is 6.61 Å². The van der Waals surface area contributed by atoms with Crippen LogP contribution < -0.4 is 4.74 Å². The summed E-state index contributed by atoms with van der Waals surface area (Å²) >= 11 is 0. The number of hydrogen-bond donors (Lipinski definition) is 0. The number of ether oxygens (including phenoxy) is 2. The molecule has 5 nitrogen and oxygen atoms in total. The van der Waals surface area contributed by atoms with Crippen LogP contribution in [0.3, 0.4) is 0 Å². The van der Waals surface area contributed by atoms with E-state index in [1.807, 2.05) is 30.3 Å². The third-order valence-corrected chi connectivity index (χ3v) is 5.18. The van der Waals surface area contributed by atoms with E-state index < -0.39 is 5.97 Å². The fraction of sp³-hybridized carbons (Fsp3) is 0.333. The number of carbonyl (C=O) groups is 2. The number of methoxy groups -OCH3 is 1. The van der Waals surface area contributed by atoms with Crippen molar-refractivity contribution in [2.24, 2.45) is 5.92 Å². The van der Waals surface area contributed by atoms with Crippen LogP contribution in [-0.2, 0) is 20.7 Å². The minimum absolute atomic E-state index is 0.133. The fourth-order valence-electron chi connectivity index (χ4n) is 3.52. The summed E-state index contributed by atoms with van der Waals surface area (Å²) in [7, 11) is 1.59. The third-order valence-electron chi connectivity index (χ3n) is 5.18. The second kappa shape index (κ2) is 10.5. The molecule has 0 aliphatic carbocycles. The first kappa shape index (κ1) is 20.6. The maximum absolute atomic E-state index is 12.3. The minimum Gasteiger partial charge on any atom is -0.497 e. The number of nitrogens with zero attached hydrogens (tertiary/aromatic N) is 1. The molecule has 0 radical (unpaired) electrons. The molecule has 3 rings (SSSR count). The van der Waals surface area contributed by atoms with Crippen LogP contribution >= 0.6 is 0 Å². The second-order valence-corrected chi connectivity index (χ2v) is 7.23. The maximum Gasteiger partial charge on any atom is 0.331 e. The van der Waals surface area contributed by atoms with Crippen LogP contribution in [0.4, 0.5) is 0 Å². The van der Waals surface area contributed by atoms with Gasteiger partial charge in [0.05, 0.1) is 7.11 Å². The summed E-state index contributed by atoms with van der Waals surface area (Å²) in [6.07, 6.45) is 5.97. The summed E-state index contributed by atoms with van der Waals surface area (Å²) in [6, 6.07) is 17.8. The molecular weight excluding hydrogens is 366 g/mol. The van der Waals surface area contributed by atoms with Gasteiger partial charge in [-0.05, 0) is 54.5 Å². The normalized spacial score (nSPS) is 14.7. The van der Waals surface area contributed by atoms with E-state index in [0.717, 1.165) is 24.8 Å². The van der Waals surface area contributed by atoms with E-state index in [1.165, 1.54) is 11.6 Å². The van der Waals surface area contributed by atoms with E-state index in [-0.39, 0.29) is 12.5 Å². The molecule has 1 saturated heterocycles. The number of likely N-dealkylation sites (tertiary alicyclic amines) is 1. The lowest BCUT2D eigenvalue weighted by molar-refractivity contribution is -0.148. The molecule has 1 aliphatic heterocycles. The van der Waals surface area contributed by atoms with Crippen molar-refractivity contribution < 1.29 is 19.1 Å². The predicted molar refractivity (Wildman–Crippen MR) is 112 cm³/mol. The highest BCUT2D eigenvalue weighted by atomic mass is 16.5. The van der Waals surface area contributed by atoms with Gasteiger partial charge in [-0.25, -0.2) is 4.79 Å². The standard InChI is InChI=1S/C24H27NO4/c1-28-22-9-5-8-20(17-22)10-11-24(27)29-18-23(26)25-14-12-21(13-15-25)16-19-6-3-2-4-7-19/h2-11,17,21H,12-16,18H2,1H3/b11-10+. The van der Waals surface area contributed by atoms with Gasteiger partial charge in [-0.2, -0.15) is 0 Å². The average molecular weight is 393 g/mol. The number of benzene rings is 2. The molecular formula is C24H27NO4. The van der Waals surface area contributed by atoms with Gasteiger partial charge in [-0.15, -0.1) is 0 Å². The van der Waals surface area contributed by atoms with Crippen molar-refractivity contribution in [3.05, 3.63) is 71.8 Å². The molecule has 0 aromatic heterocycles. The molecule has 5 heteroatoms. The molecule has 0 atom stereocenters. The van der Waals surface area contributed by atoms with Crippen LogP contribution in [0.2, 0.25) is 0 Å². The predicted octanol–water partition coefficient (Wildman–Crippen LogP) is 3.73. The number of piperidine rings is 1. The topological polar surface area (TPSA) is 55.8 Å². The van der Waals surface area contributed by atoms with E-state index in [2.05, 4.69) is 24.3 Å². The van der Waals surface area contributed by atoms with Gasteiger partial charge in [0.25, 0.3) is 5.91 Å². The molecule has 152 valence electrons. The Kier molecular flexibility index (Phi) is 7.45. The second-order valence-electron chi connectivity index (χ2n) is 7.23. The van der Waals surface area contributed by atoms with Gasteiger partial charge in [-0.1, -0.05) is 42.5 Å². The Morgan fingerprint density at radius 1 is 1.07 bits per heavy atom. The smallest absolute Gasteiger partial charge is 0.331 e. The van der Waals surface area contributed by atoms with Crippen LogP contribution in [0.5, 0.6) is 5.75 Å². The summed E-state index contributed by atoms with van der Waals surface area (Å²) in [5.41, 5.74) is 2.17. The number of hydrogen-bond acceptors (Lipinski definition) is 4. The monoisotopic (exact) mass is 393 g/mol. The van der Waals surface area contributed by atoms with Crippen molar-refractivity contribution in [3.63, 3.8) is 0 Å². The highest BCUT2D eigenvalue weighted by molar-refractivity contribution is 5.89. The average Bonchev–Trinajstić information content (AvgIpc) is 2.77. The summed E-state index contributed by atoms with van der Waals surface area (Å²) in [6.45, 7) is 1.21.